The summed E-state index contributed by atoms with van der Waals surface area (Å²) in [5.41, 5.74) is 3.52. The van der Waals surface area contributed by atoms with Crippen LogP contribution in [0.2, 0.25) is 5.02 Å². The minimum atomic E-state index is -0.0363. The molecule has 0 fully saturated rings. The fourth-order valence-corrected chi connectivity index (χ4v) is 3.19. The molecule has 0 aromatic heterocycles. The molecule has 0 saturated heterocycles. The first kappa shape index (κ1) is 16.9. The molecule has 2 nitrogen and oxygen atoms in total. The second-order valence-corrected chi connectivity index (χ2v) is 6.75. The van der Waals surface area contributed by atoms with Crippen LogP contribution in [0, 0.1) is 6.92 Å². The summed E-state index contributed by atoms with van der Waals surface area (Å²) in [7, 11) is 0. The number of benzene rings is 2. The van der Waals surface area contributed by atoms with Crippen LogP contribution in [0.25, 0.3) is 0 Å². The zero-order chi connectivity index (χ0) is 15.9. The smallest absolute Gasteiger partial charge is 0.230 e. The number of halogens is 1. The monoisotopic (exact) mass is 333 g/mol. The molecule has 0 bridgehead atoms. The van der Waals surface area contributed by atoms with Crippen LogP contribution >= 0.6 is 23.4 Å². The van der Waals surface area contributed by atoms with Gasteiger partial charge < -0.3 is 5.32 Å². The van der Waals surface area contributed by atoms with Gasteiger partial charge in [-0.2, -0.15) is 0 Å². The van der Waals surface area contributed by atoms with Gasteiger partial charge in [-0.1, -0.05) is 53.6 Å². The Hall–Kier alpha value is -1.45. The Balaban J connectivity index is 1.78. The van der Waals surface area contributed by atoms with E-state index in [1.807, 2.05) is 37.3 Å². The topological polar surface area (TPSA) is 29.1 Å². The van der Waals surface area contributed by atoms with E-state index in [1.54, 1.807) is 11.8 Å². The Morgan fingerprint density at radius 1 is 1.23 bits per heavy atom. The number of hydrogen-bond acceptors (Lipinski definition) is 2. The number of carbonyl (C=O) groups is 1. The fraction of sp³-hybridized carbons (Fsp3) is 0.278. The van der Waals surface area contributed by atoms with Crippen molar-refractivity contribution in [2.24, 2.45) is 0 Å². The van der Waals surface area contributed by atoms with E-state index in [-0.39, 0.29) is 11.9 Å². The normalized spacial score (nSPS) is 12.0. The van der Waals surface area contributed by atoms with Gasteiger partial charge in [-0.3, -0.25) is 4.79 Å². The first-order chi connectivity index (χ1) is 10.5. The highest BCUT2D eigenvalue weighted by Gasteiger charge is 2.10. The van der Waals surface area contributed by atoms with Gasteiger partial charge in [0.2, 0.25) is 5.91 Å². The number of amides is 1. The van der Waals surface area contributed by atoms with Gasteiger partial charge in [-0.25, -0.2) is 0 Å². The van der Waals surface area contributed by atoms with Crippen LogP contribution in [0.3, 0.4) is 0 Å². The molecule has 0 radical (unpaired) electrons. The molecule has 0 aliphatic heterocycles. The second kappa shape index (κ2) is 8.25. The van der Waals surface area contributed by atoms with Gasteiger partial charge in [0.1, 0.15) is 0 Å². The number of rotatable bonds is 6. The largest absolute Gasteiger partial charge is 0.349 e. The summed E-state index contributed by atoms with van der Waals surface area (Å²) < 4.78 is 0. The molecule has 0 heterocycles. The Morgan fingerprint density at radius 2 is 2.00 bits per heavy atom. The fourth-order valence-electron chi connectivity index (χ4n) is 2.21. The van der Waals surface area contributed by atoms with Crippen LogP contribution in [0.4, 0.5) is 0 Å². The third-order valence-corrected chi connectivity index (χ3v) is 4.55. The summed E-state index contributed by atoms with van der Waals surface area (Å²) in [6.45, 7) is 4.04. The minimum absolute atomic E-state index is 0.0363. The maximum atomic E-state index is 12.0. The van der Waals surface area contributed by atoms with Crippen LogP contribution in [-0.4, -0.2) is 11.7 Å². The molecular weight excluding hydrogens is 314 g/mol. The first-order valence-electron chi connectivity index (χ1n) is 7.22. The van der Waals surface area contributed by atoms with Gasteiger partial charge in [-0.05, 0) is 37.1 Å². The molecule has 0 unspecified atom stereocenters. The lowest BCUT2D eigenvalue weighted by molar-refractivity contribution is -0.119. The summed E-state index contributed by atoms with van der Waals surface area (Å²) in [6.07, 6.45) is 0. The molecule has 22 heavy (non-hydrogen) atoms. The number of aryl methyl sites for hydroxylation is 1. The van der Waals surface area contributed by atoms with Gasteiger partial charge in [0.25, 0.3) is 0 Å². The lowest BCUT2D eigenvalue weighted by atomic mass is 10.1. The molecule has 0 saturated carbocycles. The Morgan fingerprint density at radius 3 is 2.73 bits per heavy atom. The van der Waals surface area contributed by atoms with Gasteiger partial charge in [-0.15, -0.1) is 11.8 Å². The van der Waals surface area contributed by atoms with E-state index in [2.05, 4.69) is 30.4 Å². The van der Waals surface area contributed by atoms with Gasteiger partial charge >= 0.3 is 0 Å². The van der Waals surface area contributed by atoms with Crippen LogP contribution in [-0.2, 0) is 10.5 Å². The van der Waals surface area contributed by atoms with Crippen molar-refractivity contribution in [1.29, 1.82) is 0 Å². The molecule has 0 aliphatic rings. The van der Waals surface area contributed by atoms with Crippen molar-refractivity contribution in [3.63, 3.8) is 0 Å². The molecule has 1 amide bonds. The third-order valence-electron chi connectivity index (χ3n) is 3.31. The zero-order valence-corrected chi connectivity index (χ0v) is 14.4. The molecule has 1 N–H and O–H groups in total. The SMILES string of the molecule is Cc1cccc(CSCC(=O)N[C@H](C)c2cccc(Cl)c2)c1. The van der Waals surface area contributed by atoms with Crippen molar-refractivity contribution in [3.05, 3.63) is 70.2 Å². The predicted molar refractivity (Wildman–Crippen MR) is 95.4 cm³/mol. The molecule has 0 spiro atoms. The zero-order valence-electron chi connectivity index (χ0n) is 12.8. The average molecular weight is 334 g/mol. The highest BCUT2D eigenvalue weighted by molar-refractivity contribution is 7.99. The van der Waals surface area contributed by atoms with Crippen molar-refractivity contribution >= 4 is 29.3 Å². The molecule has 116 valence electrons. The highest BCUT2D eigenvalue weighted by atomic mass is 35.5. The maximum Gasteiger partial charge on any atom is 0.230 e. The van der Waals surface area contributed by atoms with Gasteiger partial charge in [0.05, 0.1) is 11.8 Å². The van der Waals surface area contributed by atoms with E-state index in [1.165, 1.54) is 11.1 Å². The van der Waals surface area contributed by atoms with Gasteiger partial charge in [0, 0.05) is 10.8 Å². The molecule has 2 aromatic rings. The summed E-state index contributed by atoms with van der Waals surface area (Å²) in [5, 5.41) is 3.69. The van der Waals surface area contributed by atoms with Crippen molar-refractivity contribution in [2.75, 3.05) is 5.75 Å². The second-order valence-electron chi connectivity index (χ2n) is 5.33. The summed E-state index contributed by atoms with van der Waals surface area (Å²) in [5.74, 6) is 1.35. The van der Waals surface area contributed by atoms with E-state index in [4.69, 9.17) is 11.6 Å². The molecule has 2 rings (SSSR count). The van der Waals surface area contributed by atoms with E-state index in [9.17, 15) is 4.79 Å². The summed E-state index contributed by atoms with van der Waals surface area (Å²) >= 11 is 7.60. The van der Waals surface area contributed by atoms with E-state index in [0.29, 0.717) is 10.8 Å². The number of hydrogen-bond donors (Lipinski definition) is 1. The predicted octanol–water partition coefficient (Wildman–Crippen LogP) is 4.76. The van der Waals surface area contributed by atoms with Crippen molar-refractivity contribution < 1.29 is 4.79 Å². The highest BCUT2D eigenvalue weighted by Crippen LogP contribution is 2.18. The molecular formula is C18H20ClNOS. The number of nitrogens with one attached hydrogen (secondary N) is 1. The van der Waals surface area contributed by atoms with Crippen molar-refractivity contribution in [2.45, 2.75) is 25.6 Å². The van der Waals surface area contributed by atoms with Crippen molar-refractivity contribution in [1.82, 2.24) is 5.32 Å². The summed E-state index contributed by atoms with van der Waals surface area (Å²) in [4.78, 5) is 12.0. The molecule has 4 heteroatoms. The maximum absolute atomic E-state index is 12.0. The average Bonchev–Trinajstić information content (AvgIpc) is 2.47. The van der Waals surface area contributed by atoms with Gasteiger partial charge in [0.15, 0.2) is 0 Å². The van der Waals surface area contributed by atoms with E-state index < -0.39 is 0 Å². The number of thioether (sulfide) groups is 1. The van der Waals surface area contributed by atoms with Crippen LogP contribution < -0.4 is 5.32 Å². The van der Waals surface area contributed by atoms with Crippen LogP contribution in [0.1, 0.15) is 29.7 Å². The summed E-state index contributed by atoms with van der Waals surface area (Å²) in [6, 6.07) is 15.9. The minimum Gasteiger partial charge on any atom is -0.349 e. The van der Waals surface area contributed by atoms with Crippen molar-refractivity contribution in [3.8, 4) is 0 Å². The Labute approximate surface area is 141 Å². The quantitative estimate of drug-likeness (QED) is 0.825. The third kappa shape index (κ3) is 5.39. The standard InChI is InChI=1S/C18H20ClNOS/c1-13-5-3-6-15(9-13)11-22-12-18(21)20-14(2)16-7-4-8-17(19)10-16/h3-10,14H,11-12H2,1-2H3,(H,20,21)/t14-/m1/s1. The molecule has 2 aromatic carbocycles. The number of carbonyl (C=O) groups excluding carboxylic acids is 1. The lowest BCUT2D eigenvalue weighted by Gasteiger charge is -2.14. The Kier molecular flexibility index (Phi) is 6.34. The van der Waals surface area contributed by atoms with E-state index >= 15 is 0 Å². The Bertz CT molecular complexity index is 644. The van der Waals surface area contributed by atoms with Crippen LogP contribution in [0.15, 0.2) is 48.5 Å². The molecule has 0 aliphatic carbocycles. The molecule has 1 atom stereocenters. The van der Waals surface area contributed by atoms with Crippen LogP contribution in [0.5, 0.6) is 0 Å². The first-order valence-corrected chi connectivity index (χ1v) is 8.76. The van der Waals surface area contributed by atoms with E-state index in [0.717, 1.165) is 11.3 Å². The lowest BCUT2D eigenvalue weighted by Crippen LogP contribution is -2.28.